The summed E-state index contributed by atoms with van der Waals surface area (Å²) in [5.41, 5.74) is 1.31. The molecule has 3 rings (SSSR count). The summed E-state index contributed by atoms with van der Waals surface area (Å²) in [6.45, 7) is 1.06. The van der Waals surface area contributed by atoms with E-state index < -0.39 is 0 Å². The van der Waals surface area contributed by atoms with Crippen molar-refractivity contribution in [1.82, 2.24) is 0 Å². The molecular formula is C13H10BrNO3S. The lowest BCUT2D eigenvalue weighted by atomic mass is 10.2. The second-order valence-corrected chi connectivity index (χ2v) is 5.58. The Morgan fingerprint density at radius 2 is 2.00 bits per heavy atom. The van der Waals surface area contributed by atoms with Crippen molar-refractivity contribution in [2.75, 3.05) is 18.5 Å². The monoisotopic (exact) mass is 339 g/mol. The normalized spacial score (nSPS) is 13.1. The summed E-state index contributed by atoms with van der Waals surface area (Å²) in [7, 11) is 0. The molecule has 1 aliphatic rings. The van der Waals surface area contributed by atoms with Gasteiger partial charge < -0.3 is 14.8 Å². The molecule has 1 aromatic heterocycles. The van der Waals surface area contributed by atoms with Crippen molar-refractivity contribution in [3.05, 3.63) is 39.0 Å². The number of fused-ring (bicyclic) bond motifs is 1. The second kappa shape index (κ2) is 5.22. The fraction of sp³-hybridized carbons (Fsp3) is 0.154. The molecule has 19 heavy (non-hydrogen) atoms. The summed E-state index contributed by atoms with van der Waals surface area (Å²) in [4.78, 5) is 12.0. The van der Waals surface area contributed by atoms with Crippen molar-refractivity contribution in [3.8, 4) is 11.5 Å². The molecule has 1 N–H and O–H groups in total. The zero-order chi connectivity index (χ0) is 13.2. The van der Waals surface area contributed by atoms with E-state index in [9.17, 15) is 4.79 Å². The summed E-state index contributed by atoms with van der Waals surface area (Å²) >= 11 is 4.91. The third-order valence-electron chi connectivity index (χ3n) is 2.66. The van der Waals surface area contributed by atoms with Gasteiger partial charge in [0.15, 0.2) is 11.5 Å². The van der Waals surface area contributed by atoms with Gasteiger partial charge in [-0.25, -0.2) is 0 Å². The highest BCUT2D eigenvalue weighted by molar-refractivity contribution is 9.10. The SMILES string of the molecule is O=C(Nc1cc2c(cc1Br)OCCO2)c1ccsc1. The molecule has 0 unspecified atom stereocenters. The van der Waals surface area contributed by atoms with Crippen LogP contribution in [0.25, 0.3) is 0 Å². The highest BCUT2D eigenvalue weighted by atomic mass is 79.9. The van der Waals surface area contributed by atoms with Crippen LogP contribution < -0.4 is 14.8 Å². The van der Waals surface area contributed by atoms with Gasteiger partial charge in [-0.05, 0) is 27.4 Å². The maximum Gasteiger partial charge on any atom is 0.256 e. The number of ether oxygens (including phenoxy) is 2. The maximum absolute atomic E-state index is 12.0. The number of amides is 1. The topological polar surface area (TPSA) is 47.6 Å². The van der Waals surface area contributed by atoms with Crippen LogP contribution in [0.5, 0.6) is 11.5 Å². The third kappa shape index (κ3) is 2.59. The van der Waals surface area contributed by atoms with Crippen LogP contribution in [0.4, 0.5) is 5.69 Å². The van der Waals surface area contributed by atoms with Gasteiger partial charge in [-0.15, -0.1) is 0 Å². The molecule has 1 amide bonds. The molecule has 4 nitrogen and oxygen atoms in total. The number of halogens is 1. The molecule has 2 aromatic rings. The Hall–Kier alpha value is -1.53. The third-order valence-corrected chi connectivity index (χ3v) is 4.00. The Morgan fingerprint density at radius 3 is 2.68 bits per heavy atom. The molecule has 2 heterocycles. The van der Waals surface area contributed by atoms with Crippen molar-refractivity contribution in [1.29, 1.82) is 0 Å². The molecule has 1 aromatic carbocycles. The Labute approximate surface area is 122 Å². The Bertz CT molecular complexity index is 613. The van der Waals surface area contributed by atoms with E-state index >= 15 is 0 Å². The molecule has 6 heteroatoms. The number of hydrogen-bond acceptors (Lipinski definition) is 4. The van der Waals surface area contributed by atoms with Gasteiger partial charge in [-0.1, -0.05) is 0 Å². The van der Waals surface area contributed by atoms with Gasteiger partial charge in [0.05, 0.1) is 11.3 Å². The summed E-state index contributed by atoms with van der Waals surface area (Å²) in [5.74, 6) is 1.19. The Kier molecular flexibility index (Phi) is 3.44. The van der Waals surface area contributed by atoms with Crippen LogP contribution in [-0.2, 0) is 0 Å². The van der Waals surface area contributed by atoms with Gasteiger partial charge in [-0.2, -0.15) is 11.3 Å². The van der Waals surface area contributed by atoms with Crippen LogP contribution in [0.3, 0.4) is 0 Å². The smallest absolute Gasteiger partial charge is 0.256 e. The van der Waals surface area contributed by atoms with Crippen molar-refractivity contribution in [2.45, 2.75) is 0 Å². The first-order valence-corrected chi connectivity index (χ1v) is 7.40. The van der Waals surface area contributed by atoms with E-state index in [0.717, 1.165) is 4.47 Å². The number of carbonyl (C=O) groups is 1. The lowest BCUT2D eigenvalue weighted by Crippen LogP contribution is -2.16. The van der Waals surface area contributed by atoms with Gasteiger partial charge in [-0.3, -0.25) is 4.79 Å². The fourth-order valence-electron chi connectivity index (χ4n) is 1.75. The summed E-state index contributed by atoms with van der Waals surface area (Å²) in [6.07, 6.45) is 0. The van der Waals surface area contributed by atoms with Crippen LogP contribution in [0, 0.1) is 0 Å². The minimum absolute atomic E-state index is 0.140. The van der Waals surface area contributed by atoms with Gasteiger partial charge in [0.1, 0.15) is 13.2 Å². The van der Waals surface area contributed by atoms with E-state index in [1.807, 2.05) is 5.38 Å². The van der Waals surface area contributed by atoms with Gasteiger partial charge in [0, 0.05) is 22.0 Å². The van der Waals surface area contributed by atoms with E-state index in [1.54, 1.807) is 23.6 Å². The van der Waals surface area contributed by atoms with Crippen LogP contribution in [0.2, 0.25) is 0 Å². The summed E-state index contributed by atoms with van der Waals surface area (Å²) in [6, 6.07) is 5.35. The van der Waals surface area contributed by atoms with Crippen molar-refractivity contribution >= 4 is 38.9 Å². The molecule has 0 atom stereocenters. The highest BCUT2D eigenvalue weighted by Crippen LogP contribution is 2.38. The summed E-state index contributed by atoms with van der Waals surface area (Å²) in [5, 5.41) is 6.52. The van der Waals surface area contributed by atoms with E-state index in [0.29, 0.717) is 36.0 Å². The quantitative estimate of drug-likeness (QED) is 0.910. The van der Waals surface area contributed by atoms with Crippen LogP contribution in [-0.4, -0.2) is 19.1 Å². The van der Waals surface area contributed by atoms with Gasteiger partial charge >= 0.3 is 0 Å². The number of thiophene rings is 1. The number of nitrogens with one attached hydrogen (secondary N) is 1. The standard InChI is InChI=1S/C13H10BrNO3S/c14-9-5-11-12(18-3-2-17-11)6-10(9)15-13(16)8-1-4-19-7-8/h1,4-7H,2-3H2,(H,15,16). The van der Waals surface area contributed by atoms with E-state index in [-0.39, 0.29) is 5.91 Å². The Morgan fingerprint density at radius 1 is 1.26 bits per heavy atom. The first kappa shape index (κ1) is 12.5. The molecule has 0 radical (unpaired) electrons. The number of carbonyl (C=O) groups excluding carboxylic acids is 1. The van der Waals surface area contributed by atoms with Gasteiger partial charge in [0.25, 0.3) is 5.91 Å². The molecule has 0 spiro atoms. The number of hydrogen-bond donors (Lipinski definition) is 1. The molecule has 0 fully saturated rings. The van der Waals surface area contributed by atoms with Crippen molar-refractivity contribution in [2.24, 2.45) is 0 Å². The average Bonchev–Trinajstić information content (AvgIpc) is 2.93. The minimum Gasteiger partial charge on any atom is -0.486 e. The molecule has 0 saturated carbocycles. The van der Waals surface area contributed by atoms with Gasteiger partial charge in [0.2, 0.25) is 0 Å². The number of benzene rings is 1. The van der Waals surface area contributed by atoms with Crippen LogP contribution in [0.15, 0.2) is 33.4 Å². The molecule has 0 saturated heterocycles. The molecule has 0 aliphatic carbocycles. The second-order valence-electron chi connectivity index (χ2n) is 3.94. The van der Waals surface area contributed by atoms with E-state index in [1.165, 1.54) is 11.3 Å². The first-order chi connectivity index (χ1) is 9.24. The van der Waals surface area contributed by atoms with E-state index in [4.69, 9.17) is 9.47 Å². The number of rotatable bonds is 2. The zero-order valence-electron chi connectivity index (χ0n) is 9.81. The fourth-order valence-corrected chi connectivity index (χ4v) is 2.81. The highest BCUT2D eigenvalue weighted by Gasteiger charge is 2.16. The number of anilines is 1. The molecule has 0 bridgehead atoms. The lowest BCUT2D eigenvalue weighted by molar-refractivity contribution is 0.102. The van der Waals surface area contributed by atoms with Crippen LogP contribution >= 0.6 is 27.3 Å². The zero-order valence-corrected chi connectivity index (χ0v) is 12.2. The first-order valence-electron chi connectivity index (χ1n) is 5.67. The maximum atomic E-state index is 12.0. The minimum atomic E-state index is -0.140. The predicted molar refractivity (Wildman–Crippen MR) is 77.4 cm³/mol. The molecule has 1 aliphatic heterocycles. The van der Waals surface area contributed by atoms with Crippen LogP contribution in [0.1, 0.15) is 10.4 Å². The van der Waals surface area contributed by atoms with Crippen molar-refractivity contribution < 1.29 is 14.3 Å². The molecule has 98 valence electrons. The average molecular weight is 340 g/mol. The van der Waals surface area contributed by atoms with E-state index in [2.05, 4.69) is 21.2 Å². The van der Waals surface area contributed by atoms with Crippen molar-refractivity contribution in [3.63, 3.8) is 0 Å². The lowest BCUT2D eigenvalue weighted by Gasteiger charge is -2.20. The molecular weight excluding hydrogens is 330 g/mol. The predicted octanol–water partition coefficient (Wildman–Crippen LogP) is 3.53. The largest absolute Gasteiger partial charge is 0.486 e. The Balaban J connectivity index is 1.87. The summed E-state index contributed by atoms with van der Waals surface area (Å²) < 4.78 is 11.7.